The summed E-state index contributed by atoms with van der Waals surface area (Å²) in [4.78, 5) is 24.0. The predicted molar refractivity (Wildman–Crippen MR) is 76.0 cm³/mol. The molecule has 0 spiro atoms. The number of rotatable bonds is 4. The highest BCUT2D eigenvalue weighted by Crippen LogP contribution is 2.20. The van der Waals surface area contributed by atoms with Crippen LogP contribution < -0.4 is 10.3 Å². The van der Waals surface area contributed by atoms with Crippen LogP contribution in [0.1, 0.15) is 15.9 Å². The van der Waals surface area contributed by atoms with Crippen LogP contribution in [0.4, 0.5) is 5.69 Å². The average Bonchev–Trinajstić information content (AvgIpc) is 2.41. The Labute approximate surface area is 120 Å². The molecule has 0 aliphatic heterocycles. The Hall–Kier alpha value is -2.61. The van der Waals surface area contributed by atoms with Crippen LogP contribution in [0.5, 0.6) is 0 Å². The van der Waals surface area contributed by atoms with Crippen LogP contribution in [0.15, 0.2) is 46.2 Å². The number of anilines is 1. The number of sulfonamides is 1. The second-order valence-electron chi connectivity index (χ2n) is 4.33. The molecule has 0 aliphatic carbocycles. The summed E-state index contributed by atoms with van der Waals surface area (Å²) in [5.41, 5.74) is 0.407. The Morgan fingerprint density at radius 2 is 1.95 bits per heavy atom. The molecule has 1 aromatic heterocycles. The van der Waals surface area contributed by atoms with Crippen LogP contribution >= 0.6 is 0 Å². The van der Waals surface area contributed by atoms with Crippen molar-refractivity contribution in [3.63, 3.8) is 0 Å². The number of aromatic nitrogens is 1. The molecule has 0 aliphatic rings. The first-order valence-corrected chi connectivity index (χ1v) is 7.33. The van der Waals surface area contributed by atoms with Gasteiger partial charge in [-0.25, -0.2) is 13.2 Å². The molecule has 0 saturated carbocycles. The Balaban J connectivity index is 2.35. The second-order valence-corrected chi connectivity index (χ2v) is 6.01. The monoisotopic (exact) mass is 308 g/mol. The molecule has 110 valence electrons. The Morgan fingerprint density at radius 1 is 1.24 bits per heavy atom. The minimum Gasteiger partial charge on any atom is -0.478 e. The van der Waals surface area contributed by atoms with Gasteiger partial charge in [0.25, 0.3) is 10.0 Å². The molecule has 0 unspecified atom stereocenters. The third-order valence-corrected chi connectivity index (χ3v) is 4.15. The number of carboxylic acids is 1. The first-order valence-electron chi connectivity index (χ1n) is 5.85. The van der Waals surface area contributed by atoms with Crippen molar-refractivity contribution in [2.75, 3.05) is 4.72 Å². The summed E-state index contributed by atoms with van der Waals surface area (Å²) < 4.78 is 26.6. The molecule has 2 rings (SSSR count). The summed E-state index contributed by atoms with van der Waals surface area (Å²) >= 11 is 0. The van der Waals surface area contributed by atoms with Crippen LogP contribution in [-0.2, 0) is 10.0 Å². The van der Waals surface area contributed by atoms with Crippen molar-refractivity contribution in [3.05, 3.63) is 58.0 Å². The molecule has 0 saturated heterocycles. The minimum atomic E-state index is -3.85. The van der Waals surface area contributed by atoms with E-state index in [0.29, 0.717) is 5.56 Å². The summed E-state index contributed by atoms with van der Waals surface area (Å²) in [6.45, 7) is 1.59. The number of pyridine rings is 1. The normalized spacial score (nSPS) is 11.1. The number of carboxylic acid groups (broad SMARTS) is 1. The maximum absolute atomic E-state index is 12.1. The number of aryl methyl sites for hydroxylation is 1. The fraction of sp³-hybridized carbons (Fsp3) is 0.0769. The Bertz CT molecular complexity index is 835. The molecule has 1 heterocycles. The zero-order valence-electron chi connectivity index (χ0n) is 11.0. The van der Waals surface area contributed by atoms with Crippen molar-refractivity contribution in [1.29, 1.82) is 0 Å². The maximum atomic E-state index is 12.1. The minimum absolute atomic E-state index is 0.0690. The van der Waals surface area contributed by atoms with Gasteiger partial charge in [-0.05, 0) is 36.8 Å². The lowest BCUT2D eigenvalue weighted by Crippen LogP contribution is -2.16. The van der Waals surface area contributed by atoms with Gasteiger partial charge in [-0.3, -0.25) is 9.52 Å². The zero-order valence-corrected chi connectivity index (χ0v) is 11.8. The van der Waals surface area contributed by atoms with Crippen LogP contribution in [0.2, 0.25) is 0 Å². The predicted octanol–water partition coefficient (Wildman–Crippen LogP) is 1.18. The Kier molecular flexibility index (Phi) is 3.81. The molecule has 2 aromatic rings. The third kappa shape index (κ3) is 3.29. The van der Waals surface area contributed by atoms with Crippen molar-refractivity contribution >= 4 is 21.7 Å². The van der Waals surface area contributed by atoms with E-state index in [-0.39, 0.29) is 16.1 Å². The van der Waals surface area contributed by atoms with E-state index >= 15 is 0 Å². The van der Waals surface area contributed by atoms with E-state index in [4.69, 9.17) is 5.11 Å². The Morgan fingerprint density at radius 3 is 2.48 bits per heavy atom. The van der Waals surface area contributed by atoms with Crippen molar-refractivity contribution in [2.24, 2.45) is 0 Å². The molecule has 0 bridgehead atoms. The summed E-state index contributed by atoms with van der Waals surface area (Å²) in [5, 5.41) is 8.86. The molecule has 8 heteroatoms. The number of H-pyrrole nitrogens is 1. The zero-order chi connectivity index (χ0) is 15.6. The van der Waals surface area contributed by atoms with Gasteiger partial charge in [0.15, 0.2) is 0 Å². The summed E-state index contributed by atoms with van der Waals surface area (Å²) in [6.07, 6.45) is 1.09. The highest BCUT2D eigenvalue weighted by atomic mass is 32.2. The van der Waals surface area contributed by atoms with Gasteiger partial charge in [0, 0.05) is 12.3 Å². The highest BCUT2D eigenvalue weighted by Gasteiger charge is 2.16. The van der Waals surface area contributed by atoms with E-state index in [2.05, 4.69) is 9.71 Å². The maximum Gasteiger partial charge on any atom is 0.335 e. The second kappa shape index (κ2) is 5.41. The molecule has 0 radical (unpaired) electrons. The van der Waals surface area contributed by atoms with E-state index in [1.54, 1.807) is 6.92 Å². The van der Waals surface area contributed by atoms with Gasteiger partial charge >= 0.3 is 5.97 Å². The lowest BCUT2D eigenvalue weighted by Gasteiger charge is -2.10. The van der Waals surface area contributed by atoms with Crippen LogP contribution in [0.25, 0.3) is 0 Å². The van der Waals surface area contributed by atoms with Gasteiger partial charge in [0.05, 0.1) is 11.3 Å². The lowest BCUT2D eigenvalue weighted by atomic mass is 10.1. The molecule has 21 heavy (non-hydrogen) atoms. The van der Waals surface area contributed by atoms with Gasteiger partial charge in [-0.15, -0.1) is 0 Å². The van der Waals surface area contributed by atoms with Crippen molar-refractivity contribution in [2.45, 2.75) is 11.8 Å². The topological polar surface area (TPSA) is 116 Å². The number of hydrogen-bond donors (Lipinski definition) is 3. The lowest BCUT2D eigenvalue weighted by molar-refractivity contribution is 0.0697. The number of nitrogens with one attached hydrogen (secondary N) is 2. The largest absolute Gasteiger partial charge is 0.478 e. The van der Waals surface area contributed by atoms with Crippen molar-refractivity contribution in [3.8, 4) is 0 Å². The molecular weight excluding hydrogens is 296 g/mol. The van der Waals surface area contributed by atoms with E-state index in [9.17, 15) is 18.0 Å². The van der Waals surface area contributed by atoms with E-state index in [1.807, 2.05) is 0 Å². The molecule has 0 amide bonds. The highest BCUT2D eigenvalue weighted by molar-refractivity contribution is 7.92. The molecule has 0 fully saturated rings. The van der Waals surface area contributed by atoms with Crippen LogP contribution in [0, 0.1) is 6.92 Å². The number of carbonyl (C=O) groups is 1. The summed E-state index contributed by atoms with van der Waals surface area (Å²) in [6, 6.07) is 6.34. The molecule has 7 nitrogen and oxygen atoms in total. The van der Waals surface area contributed by atoms with Crippen LogP contribution in [-0.4, -0.2) is 24.5 Å². The van der Waals surface area contributed by atoms with E-state index in [0.717, 1.165) is 12.3 Å². The number of hydrogen-bond acceptors (Lipinski definition) is 4. The standard InChI is InChI=1S/C13H12N2O5S/c1-8-6-9(13(17)18)2-4-11(8)15-21(19,20)10-3-5-12(16)14-7-10/h2-7,15H,1H3,(H,14,16)(H,17,18). The number of aromatic carboxylic acids is 1. The van der Waals surface area contributed by atoms with Crippen molar-refractivity contribution < 1.29 is 18.3 Å². The molecule has 0 atom stereocenters. The van der Waals surface area contributed by atoms with Crippen LogP contribution in [0.3, 0.4) is 0 Å². The summed E-state index contributed by atoms with van der Waals surface area (Å²) in [7, 11) is -3.85. The third-order valence-electron chi connectivity index (χ3n) is 2.78. The molecule has 3 N–H and O–H groups in total. The van der Waals surface area contributed by atoms with Gasteiger partial charge < -0.3 is 10.1 Å². The first kappa shape index (κ1) is 14.8. The van der Waals surface area contributed by atoms with Crippen molar-refractivity contribution in [1.82, 2.24) is 4.98 Å². The molecule has 1 aromatic carbocycles. The average molecular weight is 308 g/mol. The van der Waals surface area contributed by atoms with Gasteiger partial charge in [-0.2, -0.15) is 0 Å². The van der Waals surface area contributed by atoms with E-state index < -0.39 is 21.6 Å². The molecular formula is C13H12N2O5S. The van der Waals surface area contributed by atoms with Gasteiger partial charge in [0.1, 0.15) is 4.90 Å². The van der Waals surface area contributed by atoms with E-state index in [1.165, 1.54) is 24.3 Å². The smallest absolute Gasteiger partial charge is 0.335 e. The fourth-order valence-electron chi connectivity index (χ4n) is 1.68. The number of aromatic amines is 1. The van der Waals surface area contributed by atoms with Gasteiger partial charge in [-0.1, -0.05) is 0 Å². The first-order chi connectivity index (χ1) is 9.79. The summed E-state index contributed by atoms with van der Waals surface area (Å²) in [5.74, 6) is -1.09. The fourth-order valence-corrected chi connectivity index (χ4v) is 2.78. The SMILES string of the molecule is Cc1cc(C(=O)O)ccc1NS(=O)(=O)c1ccc(=O)[nH]c1. The van der Waals surface area contributed by atoms with Gasteiger partial charge in [0.2, 0.25) is 5.56 Å². The number of benzene rings is 1. The quantitative estimate of drug-likeness (QED) is 0.784.